The number of fused-ring (bicyclic) bond motifs is 1. The minimum Gasteiger partial charge on any atom is -0.344 e. The number of nitrogens with zero attached hydrogens (tertiary/aromatic N) is 5. The topological polar surface area (TPSA) is 54.3 Å². The van der Waals surface area contributed by atoms with E-state index < -0.39 is 0 Å². The molecule has 0 unspecified atom stereocenters. The Morgan fingerprint density at radius 2 is 2.19 bits per heavy atom. The van der Waals surface area contributed by atoms with Crippen LogP contribution < -0.4 is 0 Å². The summed E-state index contributed by atoms with van der Waals surface area (Å²) in [5, 5.41) is 1.13. The molecule has 1 aliphatic heterocycles. The number of imidazole rings is 1. The van der Waals surface area contributed by atoms with Crippen molar-refractivity contribution in [1.29, 1.82) is 0 Å². The second-order valence-electron chi connectivity index (χ2n) is 7.08. The summed E-state index contributed by atoms with van der Waals surface area (Å²) in [7, 11) is 5.65. The van der Waals surface area contributed by atoms with Gasteiger partial charge in [-0.3, -0.25) is 9.69 Å². The van der Waals surface area contributed by atoms with Gasteiger partial charge in [-0.15, -0.1) is 11.3 Å². The van der Waals surface area contributed by atoms with Gasteiger partial charge in [-0.05, 0) is 24.6 Å². The Morgan fingerprint density at radius 3 is 2.92 bits per heavy atom. The highest BCUT2D eigenvalue weighted by Crippen LogP contribution is 2.39. The third kappa shape index (κ3) is 3.01. The van der Waals surface area contributed by atoms with Crippen LogP contribution >= 0.6 is 11.3 Å². The lowest BCUT2D eigenvalue weighted by atomic mass is 9.95. The van der Waals surface area contributed by atoms with Gasteiger partial charge in [0.25, 0.3) is 5.91 Å². The maximum atomic E-state index is 12.8. The van der Waals surface area contributed by atoms with E-state index in [1.807, 2.05) is 39.6 Å². The van der Waals surface area contributed by atoms with Crippen LogP contribution in [0.25, 0.3) is 10.2 Å². The molecule has 3 aromatic heterocycles. The predicted molar refractivity (Wildman–Crippen MR) is 103 cm³/mol. The van der Waals surface area contributed by atoms with Gasteiger partial charge in [0.15, 0.2) is 0 Å². The van der Waals surface area contributed by atoms with Gasteiger partial charge < -0.3 is 9.47 Å². The van der Waals surface area contributed by atoms with Crippen LogP contribution in [0.3, 0.4) is 0 Å². The SMILES string of the molecule is CN(C)C(=O)c1sc2ncccc2c1[C@@H]1CCN(Cc2nccn2C)C1. The Morgan fingerprint density at radius 1 is 1.35 bits per heavy atom. The molecule has 7 heteroatoms. The molecule has 1 atom stereocenters. The van der Waals surface area contributed by atoms with E-state index in [0.717, 1.165) is 47.0 Å². The van der Waals surface area contributed by atoms with Crippen molar-refractivity contribution in [3.8, 4) is 0 Å². The Bertz CT molecular complexity index is 944. The Kier molecular flexibility index (Phi) is 4.50. The van der Waals surface area contributed by atoms with E-state index in [9.17, 15) is 4.79 Å². The molecular formula is C19H23N5OS. The van der Waals surface area contributed by atoms with Crippen LogP contribution in [0.5, 0.6) is 0 Å². The number of carbonyl (C=O) groups excluding carboxylic acids is 1. The van der Waals surface area contributed by atoms with Gasteiger partial charge in [-0.2, -0.15) is 0 Å². The quantitative estimate of drug-likeness (QED) is 0.710. The van der Waals surface area contributed by atoms with E-state index in [-0.39, 0.29) is 5.91 Å². The monoisotopic (exact) mass is 369 g/mol. The lowest BCUT2D eigenvalue weighted by molar-refractivity contribution is 0.0831. The Labute approximate surface area is 157 Å². The van der Waals surface area contributed by atoms with Crippen LogP contribution in [0.15, 0.2) is 30.7 Å². The number of carbonyl (C=O) groups is 1. The van der Waals surface area contributed by atoms with E-state index in [1.54, 1.807) is 11.1 Å². The summed E-state index contributed by atoms with van der Waals surface area (Å²) in [6, 6.07) is 4.06. The fourth-order valence-electron chi connectivity index (χ4n) is 3.68. The minimum atomic E-state index is 0.0746. The number of thiophene rings is 1. The van der Waals surface area contributed by atoms with Crippen molar-refractivity contribution in [1.82, 2.24) is 24.3 Å². The molecule has 0 radical (unpaired) electrons. The molecule has 3 aromatic rings. The first-order chi connectivity index (χ1) is 12.5. The lowest BCUT2D eigenvalue weighted by Gasteiger charge is -2.17. The van der Waals surface area contributed by atoms with Crippen LogP contribution in [0.4, 0.5) is 0 Å². The largest absolute Gasteiger partial charge is 0.344 e. The number of rotatable bonds is 4. The van der Waals surface area contributed by atoms with Crippen LogP contribution in [0.1, 0.15) is 33.4 Å². The standard InChI is InChI=1S/C19H23N5OS/c1-22(2)19(25)17-16(14-5-4-7-21-18(14)26-17)13-6-9-24(11-13)12-15-20-8-10-23(15)3/h4-5,7-8,10,13H,6,9,11-12H2,1-3H3/t13-/m1/s1. The third-order valence-electron chi connectivity index (χ3n) is 5.07. The molecule has 0 aromatic carbocycles. The number of likely N-dealkylation sites (tertiary alicyclic amines) is 1. The maximum Gasteiger partial charge on any atom is 0.263 e. The van der Waals surface area contributed by atoms with Gasteiger partial charge in [-0.1, -0.05) is 6.07 Å². The average Bonchev–Trinajstić information content (AvgIpc) is 3.33. The summed E-state index contributed by atoms with van der Waals surface area (Å²) in [6.45, 7) is 2.81. The molecule has 4 heterocycles. The van der Waals surface area contributed by atoms with Crippen LogP contribution in [-0.4, -0.2) is 57.4 Å². The van der Waals surface area contributed by atoms with Crippen molar-refractivity contribution in [2.75, 3.05) is 27.2 Å². The van der Waals surface area contributed by atoms with E-state index >= 15 is 0 Å². The molecule has 1 amide bonds. The van der Waals surface area contributed by atoms with Gasteiger partial charge in [0.2, 0.25) is 0 Å². The highest BCUT2D eigenvalue weighted by atomic mass is 32.1. The van der Waals surface area contributed by atoms with Gasteiger partial charge in [0.1, 0.15) is 10.7 Å². The van der Waals surface area contributed by atoms with Gasteiger partial charge in [0.05, 0.1) is 11.4 Å². The third-order valence-corrected chi connectivity index (χ3v) is 6.19. The zero-order chi connectivity index (χ0) is 18.3. The van der Waals surface area contributed by atoms with Crippen molar-refractivity contribution < 1.29 is 4.79 Å². The van der Waals surface area contributed by atoms with Gasteiger partial charge >= 0.3 is 0 Å². The van der Waals surface area contributed by atoms with E-state index in [0.29, 0.717) is 5.92 Å². The van der Waals surface area contributed by atoms with Gasteiger partial charge in [0, 0.05) is 57.6 Å². The van der Waals surface area contributed by atoms with Crippen LogP contribution in [0.2, 0.25) is 0 Å². The zero-order valence-corrected chi connectivity index (χ0v) is 16.2. The number of hydrogen-bond donors (Lipinski definition) is 0. The number of aryl methyl sites for hydroxylation is 1. The number of aromatic nitrogens is 3. The highest BCUT2D eigenvalue weighted by Gasteiger charge is 2.31. The minimum absolute atomic E-state index is 0.0746. The van der Waals surface area contributed by atoms with E-state index in [2.05, 4.69) is 25.5 Å². The van der Waals surface area contributed by atoms with Crippen LogP contribution in [-0.2, 0) is 13.6 Å². The molecule has 0 spiro atoms. The van der Waals surface area contributed by atoms with Crippen molar-refractivity contribution in [2.45, 2.75) is 18.9 Å². The molecule has 1 fully saturated rings. The first-order valence-corrected chi connectivity index (χ1v) is 9.64. The molecule has 136 valence electrons. The fourth-order valence-corrected chi connectivity index (χ4v) is 4.93. The molecule has 26 heavy (non-hydrogen) atoms. The van der Waals surface area contributed by atoms with Crippen LogP contribution in [0, 0.1) is 0 Å². The number of amides is 1. The predicted octanol–water partition coefficient (Wildman–Crippen LogP) is 2.72. The second-order valence-corrected chi connectivity index (χ2v) is 8.07. The first kappa shape index (κ1) is 17.2. The second kappa shape index (κ2) is 6.81. The number of hydrogen-bond acceptors (Lipinski definition) is 5. The molecule has 1 saturated heterocycles. The van der Waals surface area contributed by atoms with E-state index in [1.165, 1.54) is 16.9 Å². The highest BCUT2D eigenvalue weighted by molar-refractivity contribution is 7.20. The lowest BCUT2D eigenvalue weighted by Crippen LogP contribution is -2.24. The maximum absolute atomic E-state index is 12.8. The smallest absolute Gasteiger partial charge is 0.263 e. The summed E-state index contributed by atoms with van der Waals surface area (Å²) in [5.74, 6) is 1.50. The molecule has 6 nitrogen and oxygen atoms in total. The van der Waals surface area contributed by atoms with Crippen molar-refractivity contribution in [3.05, 3.63) is 47.0 Å². The molecule has 1 aliphatic rings. The Hall–Kier alpha value is -2.25. The fraction of sp³-hybridized carbons (Fsp3) is 0.421. The molecular weight excluding hydrogens is 346 g/mol. The summed E-state index contributed by atoms with van der Waals surface area (Å²) >= 11 is 1.52. The van der Waals surface area contributed by atoms with Crippen molar-refractivity contribution >= 4 is 27.5 Å². The van der Waals surface area contributed by atoms with E-state index in [4.69, 9.17) is 0 Å². The summed E-state index contributed by atoms with van der Waals surface area (Å²) in [6.07, 6.45) is 6.68. The van der Waals surface area contributed by atoms with Crippen molar-refractivity contribution in [2.24, 2.45) is 7.05 Å². The normalized spacial score (nSPS) is 17.9. The number of pyridine rings is 1. The Balaban J connectivity index is 1.65. The molecule has 0 bridgehead atoms. The summed E-state index contributed by atoms with van der Waals surface area (Å²) in [5.41, 5.74) is 1.18. The molecule has 0 N–H and O–H groups in total. The summed E-state index contributed by atoms with van der Waals surface area (Å²) in [4.78, 5) is 27.6. The van der Waals surface area contributed by atoms with Gasteiger partial charge in [-0.25, -0.2) is 9.97 Å². The molecule has 0 saturated carbocycles. The average molecular weight is 369 g/mol. The molecule has 4 rings (SSSR count). The van der Waals surface area contributed by atoms with Crippen molar-refractivity contribution in [3.63, 3.8) is 0 Å². The zero-order valence-electron chi connectivity index (χ0n) is 15.3. The summed E-state index contributed by atoms with van der Waals surface area (Å²) < 4.78 is 2.07. The molecule has 0 aliphatic carbocycles. The first-order valence-electron chi connectivity index (χ1n) is 8.82.